The molecule has 1 heterocycles. The van der Waals surface area contributed by atoms with Crippen LogP contribution >= 0.6 is 22.6 Å². The van der Waals surface area contributed by atoms with Crippen molar-refractivity contribution in [3.8, 4) is 0 Å². The highest BCUT2D eigenvalue weighted by molar-refractivity contribution is 14.1. The lowest BCUT2D eigenvalue weighted by Crippen LogP contribution is -2.02. The molecule has 0 fully saturated rings. The molecule has 0 aliphatic carbocycles. The zero-order valence-electron chi connectivity index (χ0n) is 11.3. The van der Waals surface area contributed by atoms with Crippen LogP contribution in [0.1, 0.15) is 18.2 Å². The third-order valence-electron chi connectivity index (χ3n) is 2.95. The van der Waals surface area contributed by atoms with Crippen LogP contribution in [0.25, 0.3) is 0 Å². The van der Waals surface area contributed by atoms with Crippen LogP contribution in [-0.2, 0) is 20.0 Å². The van der Waals surface area contributed by atoms with Gasteiger partial charge in [-0.15, -0.1) is 0 Å². The van der Waals surface area contributed by atoms with E-state index in [1.54, 1.807) is 16.8 Å². The van der Waals surface area contributed by atoms with Crippen LogP contribution in [0.4, 0.5) is 11.4 Å². The average molecular weight is 386 g/mol. The van der Waals surface area contributed by atoms with Crippen molar-refractivity contribution in [3.05, 3.63) is 49.3 Å². The maximum Gasteiger partial charge on any atom is 0.282 e. The topological polar surface area (TPSA) is 73.0 Å². The van der Waals surface area contributed by atoms with Crippen molar-refractivity contribution < 1.29 is 4.92 Å². The van der Waals surface area contributed by atoms with E-state index in [2.05, 4.69) is 17.3 Å². The number of hydrogen-bond acceptors (Lipinski definition) is 4. The number of rotatable bonds is 5. The minimum atomic E-state index is -0.373. The molecule has 0 amide bonds. The van der Waals surface area contributed by atoms with Crippen molar-refractivity contribution in [2.75, 3.05) is 5.32 Å². The molecule has 1 aromatic carbocycles. The molecule has 0 spiro atoms. The molecule has 0 saturated heterocycles. The Balaban J connectivity index is 2.11. The highest BCUT2D eigenvalue weighted by Crippen LogP contribution is 2.24. The smallest absolute Gasteiger partial charge is 0.282 e. The number of nitrogens with zero attached hydrogens (tertiary/aromatic N) is 3. The summed E-state index contributed by atoms with van der Waals surface area (Å²) in [7, 11) is 1.90. The van der Waals surface area contributed by atoms with Crippen LogP contribution in [0.2, 0.25) is 0 Å². The Morgan fingerprint density at radius 2 is 2.25 bits per heavy atom. The molecule has 7 heteroatoms. The maximum absolute atomic E-state index is 10.8. The van der Waals surface area contributed by atoms with Gasteiger partial charge in [0.25, 0.3) is 5.69 Å². The summed E-state index contributed by atoms with van der Waals surface area (Å²) in [6.07, 6.45) is 2.87. The molecule has 1 aromatic heterocycles. The van der Waals surface area contributed by atoms with Gasteiger partial charge in [0.15, 0.2) is 0 Å². The first-order valence-corrected chi connectivity index (χ1v) is 7.28. The summed E-state index contributed by atoms with van der Waals surface area (Å²) in [4.78, 5) is 10.4. The minimum Gasteiger partial charge on any atom is -0.381 e. The van der Waals surface area contributed by atoms with E-state index >= 15 is 0 Å². The fraction of sp³-hybridized carbons (Fsp3) is 0.308. The van der Waals surface area contributed by atoms with Crippen LogP contribution in [0.3, 0.4) is 0 Å². The van der Waals surface area contributed by atoms with Crippen molar-refractivity contribution in [1.29, 1.82) is 0 Å². The Labute approximate surface area is 130 Å². The summed E-state index contributed by atoms with van der Waals surface area (Å²) < 4.78 is 2.43. The molecule has 0 aliphatic heterocycles. The number of halogens is 1. The van der Waals surface area contributed by atoms with Gasteiger partial charge < -0.3 is 5.32 Å². The zero-order chi connectivity index (χ0) is 14.7. The molecule has 2 aromatic rings. The molecule has 0 saturated carbocycles. The van der Waals surface area contributed by atoms with Gasteiger partial charge >= 0.3 is 0 Å². The van der Waals surface area contributed by atoms with Gasteiger partial charge in [0.1, 0.15) is 0 Å². The third-order valence-corrected chi connectivity index (χ3v) is 3.82. The first-order chi connectivity index (χ1) is 9.51. The Bertz CT molecular complexity index is 639. The number of aryl methyl sites for hydroxylation is 2. The first kappa shape index (κ1) is 14.8. The molecule has 0 unspecified atom stereocenters. The maximum atomic E-state index is 10.8. The Hall–Kier alpha value is -1.64. The monoisotopic (exact) mass is 386 g/mol. The normalized spacial score (nSPS) is 10.6. The molecule has 1 N–H and O–H groups in total. The molecule has 2 rings (SSSR count). The second-order valence-electron chi connectivity index (χ2n) is 4.41. The van der Waals surface area contributed by atoms with Gasteiger partial charge in [-0.1, -0.05) is 6.92 Å². The predicted octanol–water partition coefficient (Wildman–Crippen LogP) is 3.11. The lowest BCUT2D eigenvalue weighted by atomic mass is 10.2. The average Bonchev–Trinajstić information content (AvgIpc) is 2.76. The number of nitro groups is 1. The van der Waals surface area contributed by atoms with Crippen molar-refractivity contribution in [3.63, 3.8) is 0 Å². The second-order valence-corrected chi connectivity index (χ2v) is 5.57. The number of anilines is 1. The number of nitro benzene ring substituents is 1. The Morgan fingerprint density at radius 3 is 2.85 bits per heavy atom. The molecule has 0 bridgehead atoms. The molecular formula is C13H15IN4O2. The van der Waals surface area contributed by atoms with Crippen molar-refractivity contribution in [2.24, 2.45) is 7.05 Å². The summed E-state index contributed by atoms with van der Waals surface area (Å²) in [6.45, 7) is 2.73. The van der Waals surface area contributed by atoms with Gasteiger partial charge in [0.05, 0.1) is 14.2 Å². The van der Waals surface area contributed by atoms with Gasteiger partial charge in [0, 0.05) is 37.1 Å². The molecule has 6 nitrogen and oxygen atoms in total. The lowest BCUT2D eigenvalue weighted by molar-refractivity contribution is -0.385. The molecule has 0 atom stereocenters. The van der Waals surface area contributed by atoms with Crippen molar-refractivity contribution >= 4 is 34.0 Å². The van der Waals surface area contributed by atoms with E-state index in [0.717, 1.165) is 23.4 Å². The Morgan fingerprint density at radius 1 is 1.50 bits per heavy atom. The fourth-order valence-corrected chi connectivity index (χ4v) is 2.70. The summed E-state index contributed by atoms with van der Waals surface area (Å²) >= 11 is 1.98. The number of nitrogens with one attached hydrogen (secondary N) is 1. The highest BCUT2D eigenvalue weighted by Gasteiger charge is 2.12. The number of benzene rings is 1. The number of aromatic nitrogens is 2. The van der Waals surface area contributed by atoms with Crippen molar-refractivity contribution in [2.45, 2.75) is 19.9 Å². The van der Waals surface area contributed by atoms with Crippen LogP contribution in [-0.4, -0.2) is 14.7 Å². The van der Waals surface area contributed by atoms with Gasteiger partial charge in [-0.3, -0.25) is 14.8 Å². The van der Waals surface area contributed by atoms with E-state index in [9.17, 15) is 10.1 Å². The van der Waals surface area contributed by atoms with E-state index in [1.165, 1.54) is 6.07 Å². The minimum absolute atomic E-state index is 0.131. The molecule has 0 radical (unpaired) electrons. The van der Waals surface area contributed by atoms with Crippen LogP contribution < -0.4 is 5.32 Å². The van der Waals surface area contributed by atoms with E-state index < -0.39 is 0 Å². The van der Waals surface area contributed by atoms with Crippen LogP contribution in [0, 0.1) is 13.7 Å². The van der Waals surface area contributed by atoms with E-state index in [4.69, 9.17) is 0 Å². The lowest BCUT2D eigenvalue weighted by Gasteiger charge is -2.06. The van der Waals surface area contributed by atoms with Gasteiger partial charge in [0.2, 0.25) is 0 Å². The second kappa shape index (κ2) is 6.21. The van der Waals surface area contributed by atoms with Gasteiger partial charge in [-0.2, -0.15) is 5.10 Å². The first-order valence-electron chi connectivity index (χ1n) is 6.20. The SMILES string of the molecule is CCc1nn(C)cc1CNc1ccc([N+](=O)[O-])c(I)c1. The molecular weight excluding hydrogens is 371 g/mol. The zero-order valence-corrected chi connectivity index (χ0v) is 13.4. The van der Waals surface area contributed by atoms with E-state index in [1.807, 2.05) is 35.8 Å². The summed E-state index contributed by atoms with van der Waals surface area (Å²) in [5.41, 5.74) is 3.21. The Kier molecular flexibility index (Phi) is 4.58. The summed E-state index contributed by atoms with van der Waals surface area (Å²) in [5, 5.41) is 18.4. The standard InChI is InChI=1S/C13H15IN4O2/c1-3-12-9(8-17(2)16-12)7-15-10-4-5-13(18(19)20)11(14)6-10/h4-6,8,15H,3,7H2,1-2H3. The quantitative estimate of drug-likeness (QED) is 0.487. The molecule has 106 valence electrons. The predicted molar refractivity (Wildman–Crippen MR) is 85.7 cm³/mol. The summed E-state index contributed by atoms with van der Waals surface area (Å²) in [5.74, 6) is 0. The highest BCUT2D eigenvalue weighted by atomic mass is 127. The third kappa shape index (κ3) is 3.27. The summed E-state index contributed by atoms with van der Waals surface area (Å²) in [6, 6.07) is 5.02. The molecule has 0 aliphatic rings. The van der Waals surface area contributed by atoms with Crippen LogP contribution in [0.15, 0.2) is 24.4 Å². The molecule has 20 heavy (non-hydrogen) atoms. The largest absolute Gasteiger partial charge is 0.381 e. The van der Waals surface area contributed by atoms with Crippen molar-refractivity contribution in [1.82, 2.24) is 9.78 Å². The van der Waals surface area contributed by atoms with E-state index in [0.29, 0.717) is 10.1 Å². The van der Waals surface area contributed by atoms with Gasteiger partial charge in [-0.25, -0.2) is 0 Å². The fourth-order valence-electron chi connectivity index (χ4n) is 1.99. The number of hydrogen-bond donors (Lipinski definition) is 1. The van der Waals surface area contributed by atoms with E-state index in [-0.39, 0.29) is 10.6 Å². The van der Waals surface area contributed by atoms with Gasteiger partial charge in [-0.05, 0) is 41.1 Å². The van der Waals surface area contributed by atoms with Crippen LogP contribution in [0.5, 0.6) is 0 Å².